The highest BCUT2D eigenvalue weighted by molar-refractivity contribution is 5.89. The van der Waals surface area contributed by atoms with Gasteiger partial charge >= 0.3 is 12.1 Å². The van der Waals surface area contributed by atoms with Crippen LogP contribution in [-0.4, -0.2) is 12.6 Å². The van der Waals surface area contributed by atoms with Crippen molar-refractivity contribution in [2.45, 2.75) is 19.0 Å². The molecule has 116 valence electrons. The summed E-state index contributed by atoms with van der Waals surface area (Å²) in [6.45, 7) is 0.171. The smallest absolute Gasteiger partial charge is 0.416 e. The first kappa shape index (κ1) is 16.1. The zero-order chi connectivity index (χ0) is 16.0. The molecule has 0 fully saturated rings. The second-order valence-corrected chi connectivity index (χ2v) is 4.80. The maximum atomic E-state index is 12.6. The van der Waals surface area contributed by atoms with Gasteiger partial charge in [-0.1, -0.05) is 36.4 Å². The fourth-order valence-electron chi connectivity index (χ4n) is 1.99. The maximum absolute atomic E-state index is 12.6. The monoisotopic (exact) mass is 308 g/mol. The molecule has 0 unspecified atom stereocenters. The Labute approximate surface area is 126 Å². The average Bonchev–Trinajstić information content (AvgIpc) is 2.52. The maximum Gasteiger partial charge on any atom is 0.416 e. The number of esters is 1. The molecule has 0 aliphatic carbocycles. The highest BCUT2D eigenvalue weighted by Gasteiger charge is 2.31. The van der Waals surface area contributed by atoms with E-state index < -0.39 is 17.7 Å². The van der Waals surface area contributed by atoms with E-state index in [-0.39, 0.29) is 12.2 Å². The predicted molar refractivity (Wildman–Crippen MR) is 76.5 cm³/mol. The van der Waals surface area contributed by atoms with Gasteiger partial charge in [0.05, 0.1) is 17.7 Å². The highest BCUT2D eigenvalue weighted by atomic mass is 19.4. The molecule has 0 aromatic heterocycles. The molecule has 0 bridgehead atoms. The van der Waals surface area contributed by atoms with Crippen molar-refractivity contribution < 1.29 is 22.7 Å². The molecule has 0 spiro atoms. The Kier molecular flexibility index (Phi) is 5.20. The van der Waals surface area contributed by atoms with Crippen LogP contribution >= 0.6 is 0 Å². The number of benzene rings is 2. The number of halogens is 3. The van der Waals surface area contributed by atoms with Crippen molar-refractivity contribution in [3.8, 4) is 0 Å². The van der Waals surface area contributed by atoms with Gasteiger partial charge in [0.2, 0.25) is 0 Å². The minimum Gasteiger partial charge on any atom is -0.462 e. The largest absolute Gasteiger partial charge is 0.462 e. The number of hydrogen-bond donors (Lipinski definition) is 0. The summed E-state index contributed by atoms with van der Waals surface area (Å²) >= 11 is 0. The minimum absolute atomic E-state index is 0.0884. The number of carbonyl (C=O) groups excluding carboxylic acids is 1. The molecule has 0 heterocycles. The Morgan fingerprint density at radius 3 is 2.41 bits per heavy atom. The molecule has 2 rings (SSSR count). The Morgan fingerprint density at radius 2 is 1.73 bits per heavy atom. The number of ether oxygens (including phenoxy) is 1. The van der Waals surface area contributed by atoms with Crippen LogP contribution in [0.4, 0.5) is 13.2 Å². The van der Waals surface area contributed by atoms with E-state index >= 15 is 0 Å². The van der Waals surface area contributed by atoms with Crippen LogP contribution < -0.4 is 0 Å². The van der Waals surface area contributed by atoms with Crippen LogP contribution in [0.25, 0.3) is 0 Å². The van der Waals surface area contributed by atoms with Crippen molar-refractivity contribution in [3.63, 3.8) is 0 Å². The lowest BCUT2D eigenvalue weighted by Gasteiger charge is -2.09. The van der Waals surface area contributed by atoms with Crippen LogP contribution in [0.2, 0.25) is 0 Å². The number of alkyl halides is 3. The van der Waals surface area contributed by atoms with E-state index in [0.717, 1.165) is 24.1 Å². The van der Waals surface area contributed by atoms with Gasteiger partial charge in [0.25, 0.3) is 0 Å². The van der Waals surface area contributed by atoms with Crippen LogP contribution in [0.15, 0.2) is 54.6 Å². The molecule has 0 radical (unpaired) electrons. The number of rotatable bonds is 5. The van der Waals surface area contributed by atoms with Crippen molar-refractivity contribution in [3.05, 3.63) is 71.3 Å². The molecule has 0 saturated carbocycles. The van der Waals surface area contributed by atoms with Crippen molar-refractivity contribution in [2.24, 2.45) is 0 Å². The Bertz CT molecular complexity index is 621. The molecular formula is C17H15F3O2. The van der Waals surface area contributed by atoms with Gasteiger partial charge in [-0.3, -0.25) is 0 Å². The lowest BCUT2D eigenvalue weighted by atomic mass is 10.1. The van der Waals surface area contributed by atoms with Crippen LogP contribution in [0.3, 0.4) is 0 Å². The molecule has 0 saturated heterocycles. The summed E-state index contributed by atoms with van der Waals surface area (Å²) in [5.74, 6) is -0.737. The summed E-state index contributed by atoms with van der Waals surface area (Å²) in [6, 6.07) is 13.9. The zero-order valence-corrected chi connectivity index (χ0v) is 11.8. The van der Waals surface area contributed by atoms with E-state index in [1.807, 2.05) is 30.3 Å². The molecular weight excluding hydrogens is 293 g/mol. The van der Waals surface area contributed by atoms with Gasteiger partial charge in [0, 0.05) is 0 Å². The Morgan fingerprint density at radius 1 is 1.00 bits per heavy atom. The molecule has 2 nitrogen and oxygen atoms in total. The summed E-state index contributed by atoms with van der Waals surface area (Å²) < 4.78 is 42.7. The number of aryl methyl sites for hydroxylation is 1. The molecule has 22 heavy (non-hydrogen) atoms. The minimum atomic E-state index is -4.47. The molecule has 2 aromatic carbocycles. The third kappa shape index (κ3) is 4.62. The first-order valence-electron chi connectivity index (χ1n) is 6.85. The normalized spacial score (nSPS) is 11.2. The van der Waals surface area contributed by atoms with Crippen LogP contribution in [-0.2, 0) is 17.3 Å². The van der Waals surface area contributed by atoms with E-state index in [2.05, 4.69) is 0 Å². The lowest BCUT2D eigenvalue weighted by molar-refractivity contribution is -0.137. The van der Waals surface area contributed by atoms with E-state index in [0.29, 0.717) is 6.42 Å². The first-order valence-corrected chi connectivity index (χ1v) is 6.85. The van der Waals surface area contributed by atoms with Gasteiger partial charge in [-0.05, 0) is 36.6 Å². The Hall–Kier alpha value is -2.30. The van der Waals surface area contributed by atoms with Crippen LogP contribution in [0, 0.1) is 0 Å². The lowest BCUT2D eigenvalue weighted by Crippen LogP contribution is -2.10. The van der Waals surface area contributed by atoms with Crippen molar-refractivity contribution in [1.29, 1.82) is 0 Å². The van der Waals surface area contributed by atoms with E-state index in [4.69, 9.17) is 4.74 Å². The van der Waals surface area contributed by atoms with E-state index in [1.165, 1.54) is 12.1 Å². The number of carbonyl (C=O) groups is 1. The number of hydrogen-bond acceptors (Lipinski definition) is 2. The highest BCUT2D eigenvalue weighted by Crippen LogP contribution is 2.29. The quantitative estimate of drug-likeness (QED) is 0.600. The summed E-state index contributed by atoms with van der Waals surface area (Å²) in [5.41, 5.74) is 0.179. The zero-order valence-electron chi connectivity index (χ0n) is 11.8. The first-order chi connectivity index (χ1) is 10.5. The third-order valence-corrected chi connectivity index (χ3v) is 3.11. The van der Waals surface area contributed by atoms with Gasteiger partial charge in [0.15, 0.2) is 0 Å². The standard InChI is InChI=1S/C17H15F3O2/c18-17(19,20)15-10-4-9-14(12-15)16(21)22-11-5-8-13-6-2-1-3-7-13/h1-4,6-7,9-10,12H,5,8,11H2. The molecule has 2 aromatic rings. The van der Waals surface area contributed by atoms with Crippen molar-refractivity contribution in [2.75, 3.05) is 6.61 Å². The Balaban J connectivity index is 1.85. The van der Waals surface area contributed by atoms with E-state index in [9.17, 15) is 18.0 Å². The third-order valence-electron chi connectivity index (χ3n) is 3.11. The SMILES string of the molecule is O=C(OCCCc1ccccc1)c1cccc(C(F)(F)F)c1. The van der Waals surface area contributed by atoms with Crippen molar-refractivity contribution >= 4 is 5.97 Å². The molecule has 0 N–H and O–H groups in total. The molecule has 0 aliphatic heterocycles. The molecule has 5 heteroatoms. The summed E-state index contributed by atoms with van der Waals surface area (Å²) in [4.78, 5) is 11.7. The van der Waals surface area contributed by atoms with Gasteiger partial charge in [-0.15, -0.1) is 0 Å². The van der Waals surface area contributed by atoms with E-state index in [1.54, 1.807) is 0 Å². The van der Waals surface area contributed by atoms with Gasteiger partial charge in [-0.25, -0.2) is 4.79 Å². The summed E-state index contributed by atoms with van der Waals surface area (Å²) in [7, 11) is 0. The summed E-state index contributed by atoms with van der Waals surface area (Å²) in [6.07, 6.45) is -3.10. The second-order valence-electron chi connectivity index (χ2n) is 4.80. The topological polar surface area (TPSA) is 26.3 Å². The second kappa shape index (κ2) is 7.11. The molecule has 0 amide bonds. The average molecular weight is 308 g/mol. The van der Waals surface area contributed by atoms with Crippen LogP contribution in [0.1, 0.15) is 27.9 Å². The molecule has 0 aliphatic rings. The fraction of sp³-hybridized carbons (Fsp3) is 0.235. The summed E-state index contributed by atoms with van der Waals surface area (Å²) in [5, 5.41) is 0. The predicted octanol–water partition coefficient (Wildman–Crippen LogP) is 4.50. The van der Waals surface area contributed by atoms with Gasteiger partial charge < -0.3 is 4.74 Å². The van der Waals surface area contributed by atoms with Gasteiger partial charge in [0.1, 0.15) is 0 Å². The molecule has 0 atom stereocenters. The van der Waals surface area contributed by atoms with Crippen molar-refractivity contribution in [1.82, 2.24) is 0 Å². The van der Waals surface area contributed by atoms with Gasteiger partial charge in [-0.2, -0.15) is 13.2 Å². The fourth-order valence-corrected chi connectivity index (χ4v) is 1.99. The van der Waals surface area contributed by atoms with Crippen LogP contribution in [0.5, 0.6) is 0 Å².